The molecule has 1 heterocycles. The van der Waals surface area contributed by atoms with E-state index in [0.29, 0.717) is 0 Å². The van der Waals surface area contributed by atoms with Crippen molar-refractivity contribution < 1.29 is 5.11 Å². The second-order valence-corrected chi connectivity index (χ2v) is 7.08. The Balaban J connectivity index is 1.78. The number of nitrogens with zero attached hydrogens (tertiary/aromatic N) is 1. The molecule has 1 aliphatic heterocycles. The van der Waals surface area contributed by atoms with Crippen LogP contribution in [-0.2, 0) is 6.42 Å². The highest BCUT2D eigenvalue weighted by Crippen LogP contribution is 2.21. The van der Waals surface area contributed by atoms with E-state index in [1.807, 2.05) is 0 Å². The van der Waals surface area contributed by atoms with Crippen LogP contribution in [0.25, 0.3) is 0 Å². The van der Waals surface area contributed by atoms with Gasteiger partial charge in [-0.1, -0.05) is 57.4 Å². The number of aryl methyl sites for hydroxylation is 1. The second kappa shape index (κ2) is 9.32. The van der Waals surface area contributed by atoms with E-state index >= 15 is 0 Å². The molecule has 1 aliphatic rings. The van der Waals surface area contributed by atoms with E-state index in [0.717, 1.165) is 31.1 Å². The van der Waals surface area contributed by atoms with Gasteiger partial charge in [0.1, 0.15) is 0 Å². The fourth-order valence-electron chi connectivity index (χ4n) is 3.46. The summed E-state index contributed by atoms with van der Waals surface area (Å²) in [5, 5.41) is 10.5. The van der Waals surface area contributed by atoms with Crippen LogP contribution < -0.4 is 0 Å². The van der Waals surface area contributed by atoms with Gasteiger partial charge in [0.2, 0.25) is 0 Å². The lowest BCUT2D eigenvalue weighted by atomic mass is 9.98. The minimum Gasteiger partial charge on any atom is -0.387 e. The molecule has 2 heteroatoms. The Morgan fingerprint density at radius 3 is 2.64 bits per heavy atom. The van der Waals surface area contributed by atoms with Gasteiger partial charge in [-0.05, 0) is 49.3 Å². The number of aliphatic hydroxyl groups is 1. The number of rotatable bonds is 8. The largest absolute Gasteiger partial charge is 0.387 e. The second-order valence-electron chi connectivity index (χ2n) is 7.08. The standard InChI is InChI=1S/C20H33NO/c1-3-4-5-6-9-18-10-12-19(13-11-18)20(22)16-21-14-7-8-17(2)15-21/h10-13,17,20,22H,3-9,14-16H2,1-2H3. The van der Waals surface area contributed by atoms with Gasteiger partial charge in [0, 0.05) is 13.1 Å². The zero-order chi connectivity index (χ0) is 15.8. The first-order valence-electron chi connectivity index (χ1n) is 9.18. The molecule has 22 heavy (non-hydrogen) atoms. The Hall–Kier alpha value is -0.860. The van der Waals surface area contributed by atoms with E-state index in [1.54, 1.807) is 0 Å². The first kappa shape index (κ1) is 17.5. The molecule has 124 valence electrons. The predicted molar refractivity (Wildman–Crippen MR) is 94.1 cm³/mol. The van der Waals surface area contributed by atoms with Crippen LogP contribution in [0.5, 0.6) is 0 Å². The van der Waals surface area contributed by atoms with Gasteiger partial charge in [0.05, 0.1) is 6.10 Å². The van der Waals surface area contributed by atoms with Crippen LogP contribution in [0.15, 0.2) is 24.3 Å². The number of aliphatic hydroxyl groups excluding tert-OH is 1. The predicted octanol–water partition coefficient (Wildman–Crippen LogP) is 4.57. The van der Waals surface area contributed by atoms with E-state index in [2.05, 4.69) is 43.0 Å². The summed E-state index contributed by atoms with van der Waals surface area (Å²) in [4.78, 5) is 2.41. The van der Waals surface area contributed by atoms with Crippen LogP contribution in [0.4, 0.5) is 0 Å². The Bertz CT molecular complexity index is 414. The van der Waals surface area contributed by atoms with Crippen molar-refractivity contribution in [1.29, 1.82) is 0 Å². The smallest absolute Gasteiger partial charge is 0.0916 e. The van der Waals surface area contributed by atoms with E-state index in [1.165, 1.54) is 50.5 Å². The van der Waals surface area contributed by atoms with Crippen molar-refractivity contribution in [2.24, 2.45) is 5.92 Å². The average molecular weight is 303 g/mol. The summed E-state index contributed by atoms with van der Waals surface area (Å²) >= 11 is 0. The van der Waals surface area contributed by atoms with Crippen LogP contribution in [0, 0.1) is 5.92 Å². The summed E-state index contributed by atoms with van der Waals surface area (Å²) in [6.07, 6.45) is 8.66. The zero-order valence-corrected chi connectivity index (χ0v) is 14.4. The molecule has 0 saturated carbocycles. The number of likely N-dealkylation sites (tertiary alicyclic amines) is 1. The molecule has 1 aromatic carbocycles. The van der Waals surface area contributed by atoms with Crippen molar-refractivity contribution in [1.82, 2.24) is 4.90 Å². The highest BCUT2D eigenvalue weighted by molar-refractivity contribution is 5.24. The number of piperidine rings is 1. The highest BCUT2D eigenvalue weighted by Gasteiger charge is 2.19. The third kappa shape index (κ3) is 5.73. The Labute approximate surface area is 136 Å². The van der Waals surface area contributed by atoms with Crippen molar-refractivity contribution in [3.05, 3.63) is 35.4 Å². The summed E-state index contributed by atoms with van der Waals surface area (Å²) in [7, 11) is 0. The van der Waals surface area contributed by atoms with Crippen molar-refractivity contribution in [3.8, 4) is 0 Å². The molecule has 1 saturated heterocycles. The fraction of sp³-hybridized carbons (Fsp3) is 0.700. The van der Waals surface area contributed by atoms with Crippen LogP contribution in [0.1, 0.15) is 69.6 Å². The molecule has 0 radical (unpaired) electrons. The lowest BCUT2D eigenvalue weighted by Crippen LogP contribution is -2.37. The van der Waals surface area contributed by atoms with Crippen LogP contribution in [0.3, 0.4) is 0 Å². The SMILES string of the molecule is CCCCCCc1ccc(C(O)CN2CCCC(C)C2)cc1. The molecule has 1 aromatic rings. The maximum absolute atomic E-state index is 10.5. The van der Waals surface area contributed by atoms with E-state index in [4.69, 9.17) is 0 Å². The number of benzene rings is 1. The zero-order valence-electron chi connectivity index (χ0n) is 14.4. The van der Waals surface area contributed by atoms with Crippen molar-refractivity contribution in [2.45, 2.75) is 64.9 Å². The van der Waals surface area contributed by atoms with Crippen LogP contribution >= 0.6 is 0 Å². The summed E-state index contributed by atoms with van der Waals surface area (Å²) < 4.78 is 0. The van der Waals surface area contributed by atoms with Gasteiger partial charge in [-0.3, -0.25) is 0 Å². The molecule has 2 rings (SSSR count). The highest BCUT2D eigenvalue weighted by atomic mass is 16.3. The first-order chi connectivity index (χ1) is 10.7. The summed E-state index contributed by atoms with van der Waals surface area (Å²) in [6, 6.07) is 8.63. The Morgan fingerprint density at radius 1 is 1.18 bits per heavy atom. The lowest BCUT2D eigenvalue weighted by Gasteiger charge is -2.32. The van der Waals surface area contributed by atoms with Crippen molar-refractivity contribution in [3.63, 3.8) is 0 Å². The first-order valence-corrected chi connectivity index (χ1v) is 9.18. The molecule has 1 N–H and O–H groups in total. The summed E-state index contributed by atoms with van der Waals surface area (Å²) in [5.74, 6) is 0.770. The van der Waals surface area contributed by atoms with Gasteiger partial charge in [0.15, 0.2) is 0 Å². The van der Waals surface area contributed by atoms with E-state index in [9.17, 15) is 5.11 Å². The van der Waals surface area contributed by atoms with E-state index in [-0.39, 0.29) is 6.10 Å². The van der Waals surface area contributed by atoms with Crippen LogP contribution in [-0.4, -0.2) is 29.6 Å². The van der Waals surface area contributed by atoms with Crippen LogP contribution in [0.2, 0.25) is 0 Å². The molecule has 0 bridgehead atoms. The molecule has 2 nitrogen and oxygen atoms in total. The molecule has 1 fully saturated rings. The normalized spacial score (nSPS) is 21.0. The van der Waals surface area contributed by atoms with E-state index < -0.39 is 0 Å². The number of hydrogen-bond acceptors (Lipinski definition) is 2. The number of hydrogen-bond donors (Lipinski definition) is 1. The molecule has 2 unspecified atom stereocenters. The Morgan fingerprint density at radius 2 is 1.95 bits per heavy atom. The third-order valence-electron chi connectivity index (χ3n) is 4.86. The maximum Gasteiger partial charge on any atom is 0.0916 e. The number of β-amino-alcohol motifs (C(OH)–C–C–N with tert-alkyl or cyclic N) is 1. The van der Waals surface area contributed by atoms with Gasteiger partial charge in [-0.25, -0.2) is 0 Å². The molecule has 0 aromatic heterocycles. The third-order valence-corrected chi connectivity index (χ3v) is 4.86. The van der Waals surface area contributed by atoms with Gasteiger partial charge >= 0.3 is 0 Å². The topological polar surface area (TPSA) is 23.5 Å². The van der Waals surface area contributed by atoms with Crippen molar-refractivity contribution >= 4 is 0 Å². The minimum absolute atomic E-state index is 0.348. The molecule has 2 atom stereocenters. The molecule has 0 amide bonds. The quantitative estimate of drug-likeness (QED) is 0.711. The Kier molecular flexibility index (Phi) is 7.41. The fourth-order valence-corrected chi connectivity index (χ4v) is 3.46. The lowest BCUT2D eigenvalue weighted by molar-refractivity contribution is 0.0876. The van der Waals surface area contributed by atoms with Gasteiger partial charge in [0.25, 0.3) is 0 Å². The minimum atomic E-state index is -0.348. The monoisotopic (exact) mass is 303 g/mol. The van der Waals surface area contributed by atoms with Gasteiger partial charge < -0.3 is 10.0 Å². The summed E-state index contributed by atoms with van der Waals surface area (Å²) in [5.41, 5.74) is 2.47. The van der Waals surface area contributed by atoms with Gasteiger partial charge in [-0.15, -0.1) is 0 Å². The van der Waals surface area contributed by atoms with Crippen molar-refractivity contribution in [2.75, 3.05) is 19.6 Å². The summed E-state index contributed by atoms with van der Waals surface area (Å²) in [6.45, 7) is 7.61. The maximum atomic E-state index is 10.5. The average Bonchev–Trinajstić information content (AvgIpc) is 2.52. The molecular formula is C20H33NO. The molecular weight excluding hydrogens is 270 g/mol. The molecule has 0 spiro atoms. The molecule has 0 aliphatic carbocycles. The van der Waals surface area contributed by atoms with Gasteiger partial charge in [-0.2, -0.15) is 0 Å². The number of unbranched alkanes of at least 4 members (excludes halogenated alkanes) is 3.